The monoisotopic (exact) mass is 368 g/mol. The number of anilines is 2. The van der Waals surface area contributed by atoms with Crippen LogP contribution in [-0.4, -0.2) is 18.5 Å². The van der Waals surface area contributed by atoms with E-state index in [-0.39, 0.29) is 11.9 Å². The molecule has 3 heteroatoms. The number of hydrogen-bond donors (Lipinski definition) is 0. The molecule has 1 amide bonds. The second kappa shape index (κ2) is 6.83. The van der Waals surface area contributed by atoms with Gasteiger partial charge in [-0.3, -0.25) is 4.79 Å². The average Bonchev–Trinajstić information content (AvgIpc) is 3.28. The Morgan fingerprint density at radius 1 is 0.893 bits per heavy atom. The highest BCUT2D eigenvalue weighted by molar-refractivity contribution is 6.07. The molecule has 3 nitrogen and oxygen atoms in total. The van der Waals surface area contributed by atoms with Crippen LogP contribution in [0.25, 0.3) is 0 Å². The topological polar surface area (TPSA) is 23.6 Å². The van der Waals surface area contributed by atoms with Gasteiger partial charge in [-0.15, -0.1) is 0 Å². The zero-order valence-electron chi connectivity index (χ0n) is 16.1. The lowest BCUT2D eigenvalue weighted by Gasteiger charge is -2.23. The molecule has 3 aromatic rings. The summed E-state index contributed by atoms with van der Waals surface area (Å²) in [6.45, 7) is 4.06. The molecule has 0 radical (unpaired) electrons. The number of hydrogen-bond acceptors (Lipinski definition) is 2. The minimum atomic E-state index is 0.0931. The molecular weight excluding hydrogens is 344 g/mol. The van der Waals surface area contributed by atoms with Gasteiger partial charge in [0.15, 0.2) is 0 Å². The van der Waals surface area contributed by atoms with Crippen LogP contribution in [0, 0.1) is 0 Å². The molecule has 0 saturated carbocycles. The molecule has 2 aliphatic heterocycles. The third kappa shape index (κ3) is 2.88. The van der Waals surface area contributed by atoms with Crippen molar-refractivity contribution in [3.05, 3.63) is 95.1 Å². The Labute approximate surface area is 166 Å². The number of carbonyl (C=O) groups excluding carboxylic acids is 1. The Hall–Kier alpha value is -3.07. The summed E-state index contributed by atoms with van der Waals surface area (Å²) in [6, 6.07) is 25.2. The van der Waals surface area contributed by atoms with E-state index in [2.05, 4.69) is 60.4 Å². The van der Waals surface area contributed by atoms with Crippen molar-refractivity contribution in [3.63, 3.8) is 0 Å². The first-order chi connectivity index (χ1) is 13.7. The van der Waals surface area contributed by atoms with Gasteiger partial charge in [-0.1, -0.05) is 48.5 Å². The van der Waals surface area contributed by atoms with E-state index in [1.54, 1.807) is 0 Å². The molecule has 0 unspecified atom stereocenters. The van der Waals surface area contributed by atoms with Crippen molar-refractivity contribution in [2.24, 2.45) is 0 Å². The van der Waals surface area contributed by atoms with E-state index in [0.717, 1.165) is 37.2 Å². The zero-order valence-corrected chi connectivity index (χ0v) is 16.1. The van der Waals surface area contributed by atoms with Crippen molar-refractivity contribution in [1.29, 1.82) is 0 Å². The van der Waals surface area contributed by atoms with E-state index in [1.807, 2.05) is 29.2 Å². The summed E-state index contributed by atoms with van der Waals surface area (Å²) in [5.41, 5.74) is 7.07. The predicted octanol–water partition coefficient (Wildman–Crippen LogP) is 4.84. The lowest BCUT2D eigenvalue weighted by molar-refractivity contribution is 0.0981. The van der Waals surface area contributed by atoms with Gasteiger partial charge in [0, 0.05) is 36.1 Å². The smallest absolute Gasteiger partial charge is 0.258 e. The van der Waals surface area contributed by atoms with Crippen LogP contribution in [0.2, 0.25) is 0 Å². The first kappa shape index (κ1) is 17.1. The van der Waals surface area contributed by atoms with Crippen LogP contribution in [0.1, 0.15) is 34.0 Å². The second-order valence-corrected chi connectivity index (χ2v) is 7.85. The molecule has 0 aliphatic carbocycles. The fourth-order valence-corrected chi connectivity index (χ4v) is 4.56. The van der Waals surface area contributed by atoms with E-state index in [4.69, 9.17) is 0 Å². The molecule has 0 bridgehead atoms. The highest BCUT2D eigenvalue weighted by Crippen LogP contribution is 2.33. The maximum atomic E-state index is 13.2. The van der Waals surface area contributed by atoms with Crippen molar-refractivity contribution < 1.29 is 4.79 Å². The van der Waals surface area contributed by atoms with Crippen molar-refractivity contribution >= 4 is 17.3 Å². The Kier molecular flexibility index (Phi) is 4.16. The molecule has 0 aromatic heterocycles. The normalized spacial score (nSPS) is 17.5. The van der Waals surface area contributed by atoms with Crippen LogP contribution in [0.15, 0.2) is 72.8 Å². The first-order valence-corrected chi connectivity index (χ1v) is 10.0. The van der Waals surface area contributed by atoms with Crippen molar-refractivity contribution in [2.75, 3.05) is 16.3 Å². The third-order valence-corrected chi connectivity index (χ3v) is 5.98. The minimum absolute atomic E-state index is 0.0931. The maximum absolute atomic E-state index is 13.2. The lowest BCUT2D eigenvalue weighted by atomic mass is 10.1. The van der Waals surface area contributed by atoms with E-state index >= 15 is 0 Å². The molecule has 2 heterocycles. The summed E-state index contributed by atoms with van der Waals surface area (Å²) in [4.78, 5) is 17.5. The van der Waals surface area contributed by atoms with Gasteiger partial charge in [-0.05, 0) is 60.7 Å². The molecule has 0 saturated heterocycles. The van der Waals surface area contributed by atoms with Gasteiger partial charge in [0.2, 0.25) is 0 Å². The lowest BCUT2D eigenvalue weighted by Crippen LogP contribution is -2.35. The SMILES string of the molecule is C[C@@H]1Cc2ccccc2N1C(=O)c1ccc(CN2CCc3ccccc32)cc1. The number of para-hydroxylation sites is 2. The summed E-state index contributed by atoms with van der Waals surface area (Å²) >= 11 is 0. The Balaban J connectivity index is 1.34. The molecule has 0 spiro atoms. The number of amides is 1. The quantitative estimate of drug-likeness (QED) is 0.660. The van der Waals surface area contributed by atoms with Gasteiger partial charge < -0.3 is 9.80 Å². The van der Waals surface area contributed by atoms with Gasteiger partial charge in [0.05, 0.1) is 0 Å². The number of rotatable bonds is 3. The van der Waals surface area contributed by atoms with Crippen LogP contribution >= 0.6 is 0 Å². The van der Waals surface area contributed by atoms with E-state index in [1.165, 1.54) is 22.4 Å². The summed E-state index contributed by atoms with van der Waals surface area (Å²) < 4.78 is 0. The highest BCUT2D eigenvalue weighted by atomic mass is 16.2. The Bertz CT molecular complexity index is 1020. The maximum Gasteiger partial charge on any atom is 0.258 e. The fourth-order valence-electron chi connectivity index (χ4n) is 4.56. The van der Waals surface area contributed by atoms with Crippen LogP contribution in [0.4, 0.5) is 11.4 Å². The minimum Gasteiger partial charge on any atom is -0.367 e. The molecule has 140 valence electrons. The van der Waals surface area contributed by atoms with Crippen molar-refractivity contribution in [2.45, 2.75) is 32.4 Å². The number of nitrogens with zero attached hydrogens (tertiary/aromatic N) is 2. The van der Waals surface area contributed by atoms with Gasteiger partial charge >= 0.3 is 0 Å². The molecular formula is C25H24N2O. The van der Waals surface area contributed by atoms with Crippen LogP contribution < -0.4 is 9.80 Å². The van der Waals surface area contributed by atoms with Gasteiger partial charge in [-0.2, -0.15) is 0 Å². The van der Waals surface area contributed by atoms with Crippen molar-refractivity contribution in [1.82, 2.24) is 0 Å². The largest absolute Gasteiger partial charge is 0.367 e. The Morgan fingerprint density at radius 2 is 1.57 bits per heavy atom. The van der Waals surface area contributed by atoms with Crippen molar-refractivity contribution in [3.8, 4) is 0 Å². The number of carbonyl (C=O) groups is 1. The summed E-state index contributed by atoms with van der Waals surface area (Å²) in [5.74, 6) is 0.0931. The molecule has 0 N–H and O–H groups in total. The van der Waals surface area contributed by atoms with Crippen LogP contribution in [0.5, 0.6) is 0 Å². The molecule has 1 atom stereocenters. The average molecular weight is 368 g/mol. The number of fused-ring (bicyclic) bond motifs is 2. The molecule has 28 heavy (non-hydrogen) atoms. The van der Waals surface area contributed by atoms with Gasteiger partial charge in [-0.25, -0.2) is 0 Å². The predicted molar refractivity (Wildman–Crippen MR) is 114 cm³/mol. The summed E-state index contributed by atoms with van der Waals surface area (Å²) in [7, 11) is 0. The first-order valence-electron chi connectivity index (χ1n) is 10.0. The Morgan fingerprint density at radius 3 is 2.36 bits per heavy atom. The fraction of sp³-hybridized carbons (Fsp3) is 0.240. The third-order valence-electron chi connectivity index (χ3n) is 5.98. The van der Waals surface area contributed by atoms with Crippen LogP contribution in [0.3, 0.4) is 0 Å². The van der Waals surface area contributed by atoms with E-state index in [0.29, 0.717) is 0 Å². The molecule has 2 aliphatic rings. The van der Waals surface area contributed by atoms with Gasteiger partial charge in [0.25, 0.3) is 5.91 Å². The summed E-state index contributed by atoms with van der Waals surface area (Å²) in [6.07, 6.45) is 2.04. The molecule has 0 fully saturated rings. The number of benzene rings is 3. The van der Waals surface area contributed by atoms with Crippen LogP contribution in [-0.2, 0) is 19.4 Å². The zero-order chi connectivity index (χ0) is 19.1. The summed E-state index contributed by atoms with van der Waals surface area (Å²) in [5, 5.41) is 0. The molecule has 5 rings (SSSR count). The van der Waals surface area contributed by atoms with E-state index < -0.39 is 0 Å². The second-order valence-electron chi connectivity index (χ2n) is 7.85. The highest BCUT2D eigenvalue weighted by Gasteiger charge is 2.31. The standard InChI is InChI=1S/C25H24N2O/c1-18-16-22-7-3-5-9-24(22)27(18)25(28)21-12-10-19(11-13-21)17-26-15-14-20-6-2-4-8-23(20)26/h2-13,18H,14-17H2,1H3/t18-/m1/s1. The van der Waals surface area contributed by atoms with Gasteiger partial charge in [0.1, 0.15) is 0 Å². The van der Waals surface area contributed by atoms with E-state index in [9.17, 15) is 4.79 Å². The molecule has 3 aromatic carbocycles.